The van der Waals surface area contributed by atoms with E-state index in [-0.39, 0.29) is 24.3 Å². The lowest BCUT2D eigenvalue weighted by Crippen LogP contribution is -2.64. The third-order valence-corrected chi connectivity index (χ3v) is 5.16. The molecule has 0 spiro atoms. The Morgan fingerprint density at radius 3 is 2.76 bits per heavy atom. The topological polar surface area (TPSA) is 73.0 Å². The standard InChI is InChI=1S/C18H24N4O3/c1-18-9-8-15(23)22(18)14-7-5-4-6-13(14)17(25)21(18)12-16(24)20(3)11-10-19-2/h4-7,19H,8-12H2,1-3H3. The fourth-order valence-corrected chi connectivity index (χ4v) is 3.60. The molecule has 2 aliphatic heterocycles. The molecule has 1 unspecified atom stereocenters. The number of nitrogens with one attached hydrogen (secondary N) is 1. The van der Waals surface area contributed by atoms with Gasteiger partial charge in [-0.05, 0) is 32.5 Å². The fraction of sp³-hybridized carbons (Fsp3) is 0.500. The number of nitrogens with zero attached hydrogens (tertiary/aromatic N) is 3. The molecule has 1 aromatic carbocycles. The zero-order chi connectivity index (χ0) is 18.2. The summed E-state index contributed by atoms with van der Waals surface area (Å²) in [5.41, 5.74) is 0.327. The minimum atomic E-state index is -0.790. The molecule has 25 heavy (non-hydrogen) atoms. The number of anilines is 1. The van der Waals surface area contributed by atoms with Crippen LogP contribution in [0.1, 0.15) is 30.1 Å². The summed E-state index contributed by atoms with van der Waals surface area (Å²) < 4.78 is 0. The molecule has 0 bridgehead atoms. The van der Waals surface area contributed by atoms with Crippen LogP contribution in [0.3, 0.4) is 0 Å². The van der Waals surface area contributed by atoms with Gasteiger partial charge >= 0.3 is 0 Å². The number of likely N-dealkylation sites (N-methyl/N-ethyl adjacent to an activating group) is 2. The van der Waals surface area contributed by atoms with Gasteiger partial charge in [-0.1, -0.05) is 12.1 Å². The number of fused-ring (bicyclic) bond motifs is 3. The van der Waals surface area contributed by atoms with Crippen molar-refractivity contribution in [2.75, 3.05) is 38.6 Å². The molecule has 1 aromatic rings. The van der Waals surface area contributed by atoms with E-state index in [0.717, 1.165) is 0 Å². The first-order valence-corrected chi connectivity index (χ1v) is 8.53. The maximum absolute atomic E-state index is 13.0. The minimum absolute atomic E-state index is 0.0107. The Kier molecular flexibility index (Phi) is 4.51. The highest BCUT2D eigenvalue weighted by Gasteiger charge is 2.53. The molecule has 1 atom stereocenters. The SMILES string of the molecule is CNCCN(C)C(=O)CN1C(=O)c2ccccc2N2C(=O)CCC12C. The van der Waals surface area contributed by atoms with Crippen molar-refractivity contribution < 1.29 is 14.4 Å². The molecule has 3 amide bonds. The molecule has 1 saturated heterocycles. The molecular formula is C18H24N4O3. The van der Waals surface area contributed by atoms with Crippen LogP contribution < -0.4 is 10.2 Å². The summed E-state index contributed by atoms with van der Waals surface area (Å²) >= 11 is 0. The highest BCUT2D eigenvalue weighted by Crippen LogP contribution is 2.43. The molecule has 7 heteroatoms. The molecule has 0 aromatic heterocycles. The zero-order valence-electron chi connectivity index (χ0n) is 14.9. The van der Waals surface area contributed by atoms with E-state index in [9.17, 15) is 14.4 Å². The van der Waals surface area contributed by atoms with Gasteiger partial charge in [-0.3, -0.25) is 19.3 Å². The average Bonchev–Trinajstić information content (AvgIpc) is 2.92. The summed E-state index contributed by atoms with van der Waals surface area (Å²) in [5, 5.41) is 3.00. The second kappa shape index (κ2) is 6.48. The van der Waals surface area contributed by atoms with Gasteiger partial charge in [0.15, 0.2) is 0 Å². The van der Waals surface area contributed by atoms with Crippen molar-refractivity contribution in [2.45, 2.75) is 25.4 Å². The Balaban J connectivity index is 1.93. The minimum Gasteiger partial charge on any atom is -0.343 e. The molecule has 0 radical (unpaired) electrons. The molecular weight excluding hydrogens is 320 g/mol. The van der Waals surface area contributed by atoms with Crippen LogP contribution in [0.25, 0.3) is 0 Å². The molecule has 1 N–H and O–H groups in total. The number of carbonyl (C=O) groups is 3. The van der Waals surface area contributed by atoms with Gasteiger partial charge < -0.3 is 15.1 Å². The van der Waals surface area contributed by atoms with Crippen molar-refractivity contribution in [3.63, 3.8) is 0 Å². The number of amides is 3. The number of hydrogen-bond acceptors (Lipinski definition) is 4. The van der Waals surface area contributed by atoms with Gasteiger partial charge in [-0.15, -0.1) is 0 Å². The highest BCUT2D eigenvalue weighted by atomic mass is 16.2. The first kappa shape index (κ1) is 17.4. The number of benzene rings is 1. The van der Waals surface area contributed by atoms with Gasteiger partial charge in [0.2, 0.25) is 11.8 Å². The van der Waals surface area contributed by atoms with E-state index >= 15 is 0 Å². The number of hydrogen-bond donors (Lipinski definition) is 1. The first-order chi connectivity index (χ1) is 11.9. The van der Waals surface area contributed by atoms with E-state index < -0.39 is 5.66 Å². The second-order valence-corrected chi connectivity index (χ2v) is 6.77. The summed E-state index contributed by atoms with van der Waals surface area (Å²) in [7, 11) is 3.55. The second-order valence-electron chi connectivity index (χ2n) is 6.77. The lowest BCUT2D eigenvalue weighted by molar-refractivity contribution is -0.132. The van der Waals surface area contributed by atoms with Crippen LogP contribution >= 0.6 is 0 Å². The van der Waals surface area contributed by atoms with E-state index in [1.807, 2.05) is 20.0 Å². The van der Waals surface area contributed by atoms with Crippen molar-refractivity contribution in [3.05, 3.63) is 29.8 Å². The Bertz CT molecular complexity index is 720. The quantitative estimate of drug-likeness (QED) is 0.852. The van der Waals surface area contributed by atoms with E-state index in [1.54, 1.807) is 39.9 Å². The maximum atomic E-state index is 13.0. The van der Waals surface area contributed by atoms with Crippen molar-refractivity contribution >= 4 is 23.4 Å². The summed E-state index contributed by atoms with van der Waals surface area (Å²) in [6, 6.07) is 7.11. The predicted molar refractivity (Wildman–Crippen MR) is 94.2 cm³/mol. The zero-order valence-corrected chi connectivity index (χ0v) is 14.9. The Morgan fingerprint density at radius 1 is 1.32 bits per heavy atom. The van der Waals surface area contributed by atoms with Crippen molar-refractivity contribution in [1.29, 1.82) is 0 Å². The predicted octanol–water partition coefficient (Wildman–Crippen LogP) is 0.663. The maximum Gasteiger partial charge on any atom is 0.258 e. The normalized spacial score (nSPS) is 22.0. The molecule has 3 rings (SSSR count). The van der Waals surface area contributed by atoms with E-state index in [0.29, 0.717) is 37.2 Å². The van der Waals surface area contributed by atoms with Crippen molar-refractivity contribution in [2.24, 2.45) is 0 Å². The van der Waals surface area contributed by atoms with Crippen LogP contribution in [0.5, 0.6) is 0 Å². The third-order valence-electron chi connectivity index (χ3n) is 5.16. The van der Waals surface area contributed by atoms with Crippen LogP contribution in [0.2, 0.25) is 0 Å². The molecule has 1 fully saturated rings. The van der Waals surface area contributed by atoms with Gasteiger partial charge in [-0.25, -0.2) is 0 Å². The Morgan fingerprint density at radius 2 is 2.04 bits per heavy atom. The summed E-state index contributed by atoms with van der Waals surface area (Å²) in [5.74, 6) is -0.341. The average molecular weight is 344 g/mol. The lowest BCUT2D eigenvalue weighted by Gasteiger charge is -2.48. The first-order valence-electron chi connectivity index (χ1n) is 8.53. The molecule has 7 nitrogen and oxygen atoms in total. The van der Waals surface area contributed by atoms with E-state index in [2.05, 4.69) is 5.32 Å². The van der Waals surface area contributed by atoms with Crippen LogP contribution in [0.15, 0.2) is 24.3 Å². The third kappa shape index (κ3) is 2.78. The van der Waals surface area contributed by atoms with Gasteiger partial charge in [-0.2, -0.15) is 0 Å². The smallest absolute Gasteiger partial charge is 0.258 e. The molecule has 2 aliphatic rings. The Labute approximate surface area is 147 Å². The van der Waals surface area contributed by atoms with E-state index in [4.69, 9.17) is 0 Å². The largest absolute Gasteiger partial charge is 0.343 e. The number of carbonyl (C=O) groups excluding carboxylic acids is 3. The summed E-state index contributed by atoms with van der Waals surface area (Å²) in [6.45, 7) is 3.08. The summed E-state index contributed by atoms with van der Waals surface area (Å²) in [6.07, 6.45) is 0.901. The lowest BCUT2D eigenvalue weighted by atomic mass is 9.98. The summed E-state index contributed by atoms with van der Waals surface area (Å²) in [4.78, 5) is 43.0. The molecule has 2 heterocycles. The highest BCUT2D eigenvalue weighted by molar-refractivity contribution is 6.11. The monoisotopic (exact) mass is 344 g/mol. The van der Waals surface area contributed by atoms with Crippen LogP contribution in [0.4, 0.5) is 5.69 Å². The van der Waals surface area contributed by atoms with Crippen molar-refractivity contribution in [1.82, 2.24) is 15.1 Å². The van der Waals surface area contributed by atoms with Gasteiger partial charge in [0.25, 0.3) is 5.91 Å². The number of para-hydroxylation sites is 1. The van der Waals surface area contributed by atoms with Gasteiger partial charge in [0.1, 0.15) is 12.2 Å². The van der Waals surface area contributed by atoms with Crippen LogP contribution in [0, 0.1) is 0 Å². The van der Waals surface area contributed by atoms with Gasteiger partial charge in [0.05, 0.1) is 11.3 Å². The van der Waals surface area contributed by atoms with Crippen molar-refractivity contribution in [3.8, 4) is 0 Å². The Hall–Kier alpha value is -2.41. The molecule has 134 valence electrons. The fourth-order valence-electron chi connectivity index (χ4n) is 3.60. The van der Waals surface area contributed by atoms with E-state index in [1.165, 1.54) is 0 Å². The molecule has 0 saturated carbocycles. The van der Waals surface area contributed by atoms with Gasteiger partial charge in [0, 0.05) is 26.6 Å². The van der Waals surface area contributed by atoms with Crippen LogP contribution in [-0.2, 0) is 9.59 Å². The molecule has 0 aliphatic carbocycles. The van der Waals surface area contributed by atoms with Crippen LogP contribution in [-0.4, -0.2) is 66.9 Å². The number of rotatable bonds is 5.